The molecule has 0 amide bonds. The molecule has 13 aromatic carbocycles. The van der Waals surface area contributed by atoms with Gasteiger partial charge in [-0.1, -0.05) is 200 Å². The normalized spacial score (nSPS) is 13.3. The van der Waals surface area contributed by atoms with Gasteiger partial charge in [-0.3, -0.25) is 0 Å². The van der Waals surface area contributed by atoms with E-state index in [1.807, 2.05) is 0 Å². The van der Waals surface area contributed by atoms with E-state index in [0.29, 0.717) is 0 Å². The van der Waals surface area contributed by atoms with Crippen molar-refractivity contribution in [1.29, 1.82) is 0 Å². The Morgan fingerprint density at radius 3 is 0.824 bits per heavy atom. The van der Waals surface area contributed by atoms with Crippen molar-refractivity contribution >= 4 is 136 Å². The van der Waals surface area contributed by atoms with Crippen LogP contribution < -0.4 is 52.4 Å². The summed E-state index contributed by atoms with van der Waals surface area (Å²) in [7, 11) is 0. The molecule has 14 aromatic rings. The van der Waals surface area contributed by atoms with Gasteiger partial charge in [-0.25, -0.2) is 0 Å². The molecule has 4 aliphatic rings. The summed E-state index contributed by atoms with van der Waals surface area (Å²) >= 11 is 0. The molecule has 85 heavy (non-hydrogen) atoms. The molecule has 0 fully saturated rings. The number of aromatic nitrogens is 1. The van der Waals surface area contributed by atoms with Crippen LogP contribution >= 0.6 is 0 Å². The molecule has 1 aromatic heterocycles. The highest BCUT2D eigenvalue weighted by atomic mass is 15.2. The zero-order valence-electron chi connectivity index (χ0n) is 46.3. The van der Waals surface area contributed by atoms with Crippen molar-refractivity contribution < 1.29 is 0 Å². The lowest BCUT2D eigenvalue weighted by atomic mass is 9.33. The van der Waals surface area contributed by atoms with Crippen molar-refractivity contribution in [3.8, 4) is 27.9 Å². The molecule has 0 saturated heterocycles. The molecule has 0 spiro atoms. The first-order valence-electron chi connectivity index (χ1n) is 29.5. The largest absolute Gasteiger partial charge is 0.311 e. The van der Waals surface area contributed by atoms with E-state index < -0.39 is 0 Å². The molecule has 394 valence electrons. The molecule has 0 N–H and O–H groups in total. The summed E-state index contributed by atoms with van der Waals surface area (Å²) in [4.78, 5) is 10.1. The summed E-state index contributed by atoms with van der Waals surface area (Å²) in [5.41, 5.74) is 29.7. The molecular weight excluding hydrogens is 1030 g/mol. The van der Waals surface area contributed by atoms with Gasteiger partial charge in [0.05, 0.1) is 11.0 Å². The van der Waals surface area contributed by atoms with Crippen LogP contribution in [-0.4, -0.2) is 18.0 Å². The van der Waals surface area contributed by atoms with Crippen LogP contribution in [0.3, 0.4) is 0 Å². The number of rotatable bonds is 7. The van der Waals surface area contributed by atoms with E-state index in [1.54, 1.807) is 0 Å². The van der Waals surface area contributed by atoms with Gasteiger partial charge in [0.2, 0.25) is 0 Å². The van der Waals surface area contributed by atoms with Crippen molar-refractivity contribution in [2.24, 2.45) is 0 Å². The van der Waals surface area contributed by atoms with Crippen LogP contribution in [0.5, 0.6) is 0 Å². The Hall–Kier alpha value is -11.0. The van der Waals surface area contributed by atoms with Crippen molar-refractivity contribution in [2.45, 2.75) is 0 Å². The van der Waals surface area contributed by atoms with Gasteiger partial charge in [0, 0.05) is 84.7 Å². The number of anilines is 12. The minimum Gasteiger partial charge on any atom is -0.311 e. The highest BCUT2D eigenvalue weighted by Crippen LogP contribution is 2.50. The summed E-state index contributed by atoms with van der Waals surface area (Å²) < 4.78 is 2.54. The SMILES string of the molecule is c1ccc(-c2cc3c4c(c2)N(c2ccccc2)c2cc5c(cc2B4c2ccccc2N3c2ccccc2)c2cc3c(cc2n5-c2ccccc2)N(c2ccccc2)c2cc(-c4ccccc4)cc4c2B3c2ccccc2N4c2ccccc2)cc1. The molecule has 7 heteroatoms. The second-order valence-electron chi connectivity index (χ2n) is 22.8. The monoisotopic (exact) mass is 1080 g/mol. The van der Waals surface area contributed by atoms with Crippen LogP contribution in [0.25, 0.3) is 49.7 Å². The van der Waals surface area contributed by atoms with Gasteiger partial charge >= 0.3 is 0 Å². The van der Waals surface area contributed by atoms with E-state index in [1.165, 1.54) is 111 Å². The van der Waals surface area contributed by atoms with Crippen LogP contribution in [-0.2, 0) is 0 Å². The number of benzene rings is 13. The van der Waals surface area contributed by atoms with Crippen molar-refractivity contribution in [1.82, 2.24) is 4.57 Å². The Labute approximate surface area is 495 Å². The maximum atomic E-state index is 2.58. The Bertz CT molecular complexity index is 4670. The molecule has 0 bridgehead atoms. The van der Waals surface area contributed by atoms with Gasteiger partial charge in [-0.05, 0) is 164 Å². The number of fused-ring (bicyclic) bond motifs is 11. The Balaban J connectivity index is 0.968. The number of nitrogens with zero attached hydrogens (tertiary/aromatic N) is 5. The predicted molar refractivity (Wildman–Crippen MR) is 360 cm³/mol. The van der Waals surface area contributed by atoms with Crippen LogP contribution in [0.2, 0.25) is 0 Å². The van der Waals surface area contributed by atoms with Crippen LogP contribution in [0.4, 0.5) is 68.2 Å². The average molecular weight is 1080 g/mol. The molecule has 0 unspecified atom stereocenters. The van der Waals surface area contributed by atoms with Crippen LogP contribution in [0, 0.1) is 0 Å². The molecule has 0 saturated carbocycles. The maximum absolute atomic E-state index is 2.58. The number of para-hydroxylation sites is 7. The van der Waals surface area contributed by atoms with E-state index in [9.17, 15) is 0 Å². The van der Waals surface area contributed by atoms with Gasteiger partial charge in [0.25, 0.3) is 13.4 Å². The lowest BCUT2D eigenvalue weighted by Gasteiger charge is -2.44. The maximum Gasteiger partial charge on any atom is 0.252 e. The highest BCUT2D eigenvalue weighted by molar-refractivity contribution is 7.01. The summed E-state index contributed by atoms with van der Waals surface area (Å²) in [5.74, 6) is 0. The summed E-state index contributed by atoms with van der Waals surface area (Å²) in [6, 6.07) is 115. The fourth-order valence-electron chi connectivity index (χ4n) is 14.8. The second-order valence-corrected chi connectivity index (χ2v) is 22.8. The third-order valence-corrected chi connectivity index (χ3v) is 18.2. The summed E-state index contributed by atoms with van der Waals surface area (Å²) in [5, 5.41) is 2.43. The van der Waals surface area contributed by atoms with Crippen LogP contribution in [0.15, 0.2) is 309 Å². The van der Waals surface area contributed by atoms with E-state index in [0.717, 1.165) is 39.5 Å². The lowest BCUT2D eigenvalue weighted by molar-refractivity contribution is 1.17. The molecule has 5 heterocycles. The number of hydrogen-bond acceptors (Lipinski definition) is 4. The zero-order chi connectivity index (χ0) is 55.7. The van der Waals surface area contributed by atoms with Gasteiger partial charge in [-0.2, -0.15) is 0 Å². The van der Waals surface area contributed by atoms with E-state index in [-0.39, 0.29) is 13.4 Å². The first kappa shape index (κ1) is 47.6. The quantitative estimate of drug-likeness (QED) is 0.148. The standard InChI is InChI=1S/C78H51B2N5/c1-8-26-52(27-9-1)54-44-73-77-75(46-54)84(59-36-18-6-19-37-59)71-50-69-61(48-65(71)79(77)63-40-22-24-42-67(63)81(73)56-30-12-3-13-31-56)62-49-66-72(51-70(62)83(69)58-34-16-5-17-35-58)85(60-38-20-7-21-39-60)76-47-55(53-28-10-2-11-29-53)45-74-78(76)80(66)64-41-23-25-43-68(64)82(74)57-32-14-4-15-33-57/h1-51H. The minimum absolute atomic E-state index is 0.0888. The van der Waals surface area contributed by atoms with Crippen molar-refractivity contribution in [2.75, 3.05) is 19.6 Å². The van der Waals surface area contributed by atoms with E-state index >= 15 is 0 Å². The minimum atomic E-state index is -0.0888. The lowest BCUT2D eigenvalue weighted by Crippen LogP contribution is -2.61. The van der Waals surface area contributed by atoms with Crippen LogP contribution in [0.1, 0.15) is 0 Å². The molecule has 0 aliphatic carbocycles. The molecule has 18 rings (SSSR count). The molecule has 0 radical (unpaired) electrons. The average Bonchev–Trinajstić information content (AvgIpc) is 1.82. The highest BCUT2D eigenvalue weighted by Gasteiger charge is 2.46. The van der Waals surface area contributed by atoms with Gasteiger partial charge in [-0.15, -0.1) is 0 Å². The van der Waals surface area contributed by atoms with Crippen molar-refractivity contribution in [3.63, 3.8) is 0 Å². The Morgan fingerprint density at radius 1 is 0.200 bits per heavy atom. The summed E-state index contributed by atoms with van der Waals surface area (Å²) in [6.45, 7) is -0.178. The smallest absolute Gasteiger partial charge is 0.252 e. The molecular formula is C78H51B2N5. The Kier molecular flexibility index (Phi) is 10.5. The molecule has 0 atom stereocenters. The molecule has 4 aliphatic heterocycles. The first-order chi connectivity index (χ1) is 42.2. The van der Waals surface area contributed by atoms with Gasteiger partial charge < -0.3 is 24.2 Å². The van der Waals surface area contributed by atoms with E-state index in [2.05, 4.69) is 334 Å². The van der Waals surface area contributed by atoms with Gasteiger partial charge in [0.15, 0.2) is 0 Å². The van der Waals surface area contributed by atoms with E-state index in [4.69, 9.17) is 0 Å². The summed E-state index contributed by atoms with van der Waals surface area (Å²) in [6.07, 6.45) is 0. The fraction of sp³-hybridized carbons (Fsp3) is 0. The number of hydrogen-bond donors (Lipinski definition) is 0. The van der Waals surface area contributed by atoms with Crippen molar-refractivity contribution in [3.05, 3.63) is 309 Å². The molecule has 5 nitrogen and oxygen atoms in total. The fourth-order valence-corrected chi connectivity index (χ4v) is 14.8. The first-order valence-corrected chi connectivity index (χ1v) is 29.5. The van der Waals surface area contributed by atoms with Gasteiger partial charge in [0.1, 0.15) is 0 Å². The Morgan fingerprint density at radius 2 is 0.482 bits per heavy atom. The predicted octanol–water partition coefficient (Wildman–Crippen LogP) is 16.3. The topological polar surface area (TPSA) is 17.9 Å². The second kappa shape index (κ2) is 18.8. The third kappa shape index (κ3) is 7.14. The zero-order valence-corrected chi connectivity index (χ0v) is 46.3. The third-order valence-electron chi connectivity index (χ3n) is 18.2.